The largest absolute Gasteiger partial charge is 0.383 e. The van der Waals surface area contributed by atoms with Crippen LogP contribution in [0.1, 0.15) is 36.2 Å². The molecule has 2 bridgehead atoms. The number of carbonyl (C=O) groups excluding carboxylic acids is 1. The first-order valence-electron chi connectivity index (χ1n) is 7.67. The number of anilines is 1. The number of carbonyl (C=O) groups is 1. The van der Waals surface area contributed by atoms with Crippen LogP contribution < -0.4 is 11.1 Å². The van der Waals surface area contributed by atoms with Crippen LogP contribution in [0.2, 0.25) is 0 Å². The minimum Gasteiger partial charge on any atom is -0.383 e. The number of nitrogens with one attached hydrogen (secondary N) is 1. The molecule has 2 aliphatic carbocycles. The number of nitrogens with zero attached hydrogens (tertiary/aromatic N) is 1. The predicted molar refractivity (Wildman–Crippen MR) is 82.9 cm³/mol. The molecule has 0 radical (unpaired) electrons. The first kappa shape index (κ1) is 12.6. The first-order chi connectivity index (χ1) is 10.2. The predicted octanol–water partition coefficient (Wildman–Crippen LogP) is 2.74. The maximum atomic E-state index is 12.4. The van der Waals surface area contributed by atoms with Crippen molar-refractivity contribution in [2.24, 2.45) is 11.8 Å². The maximum absolute atomic E-state index is 12.4. The number of hydrogen-bond acceptors (Lipinski definition) is 3. The Morgan fingerprint density at radius 1 is 1.24 bits per heavy atom. The van der Waals surface area contributed by atoms with Gasteiger partial charge in [-0.2, -0.15) is 0 Å². The normalized spacial score (nSPS) is 27.1. The van der Waals surface area contributed by atoms with Gasteiger partial charge in [-0.3, -0.25) is 4.79 Å². The Balaban J connectivity index is 1.59. The number of nitrogen functional groups attached to an aromatic ring is 1. The van der Waals surface area contributed by atoms with Gasteiger partial charge in [0.15, 0.2) is 0 Å². The number of pyridine rings is 1. The van der Waals surface area contributed by atoms with E-state index in [-0.39, 0.29) is 5.91 Å². The number of benzene rings is 1. The highest BCUT2D eigenvalue weighted by Crippen LogP contribution is 2.44. The van der Waals surface area contributed by atoms with Gasteiger partial charge >= 0.3 is 0 Å². The summed E-state index contributed by atoms with van der Waals surface area (Å²) in [5.41, 5.74) is 6.40. The van der Waals surface area contributed by atoms with E-state index in [0.717, 1.165) is 23.1 Å². The Hall–Kier alpha value is -2.10. The number of aromatic nitrogens is 1. The molecule has 4 nitrogen and oxygen atoms in total. The molecule has 21 heavy (non-hydrogen) atoms. The van der Waals surface area contributed by atoms with Crippen molar-refractivity contribution in [1.82, 2.24) is 10.3 Å². The molecule has 1 heterocycles. The first-order valence-corrected chi connectivity index (χ1v) is 7.67. The summed E-state index contributed by atoms with van der Waals surface area (Å²) in [4.78, 5) is 16.7. The minimum atomic E-state index is -0.0926. The van der Waals surface area contributed by atoms with E-state index in [0.29, 0.717) is 23.5 Å². The molecule has 0 spiro atoms. The molecule has 1 aromatic carbocycles. The summed E-state index contributed by atoms with van der Waals surface area (Å²) in [5.74, 6) is 1.81. The second-order valence-electron chi connectivity index (χ2n) is 6.37. The average Bonchev–Trinajstić information content (AvgIpc) is 3.10. The van der Waals surface area contributed by atoms with Crippen molar-refractivity contribution in [3.8, 4) is 0 Å². The summed E-state index contributed by atoms with van der Waals surface area (Å²) in [6.07, 6.45) is 4.98. The van der Waals surface area contributed by atoms with Gasteiger partial charge in [-0.1, -0.05) is 30.7 Å². The number of nitrogens with two attached hydrogens (primary N) is 1. The molecule has 3 atom stereocenters. The van der Waals surface area contributed by atoms with Crippen LogP contribution in [0.5, 0.6) is 0 Å². The molecule has 1 aromatic heterocycles. The van der Waals surface area contributed by atoms with Crippen molar-refractivity contribution in [3.05, 3.63) is 36.0 Å². The molecule has 0 aliphatic heterocycles. The molecule has 2 aromatic rings. The minimum absolute atomic E-state index is 0.0926. The summed E-state index contributed by atoms with van der Waals surface area (Å²) < 4.78 is 0. The summed E-state index contributed by atoms with van der Waals surface area (Å²) >= 11 is 0. The number of rotatable bonds is 2. The zero-order valence-electron chi connectivity index (χ0n) is 11.9. The third-order valence-electron chi connectivity index (χ3n) is 5.06. The van der Waals surface area contributed by atoms with Crippen LogP contribution in [0.25, 0.3) is 10.8 Å². The fourth-order valence-corrected chi connectivity index (χ4v) is 4.01. The van der Waals surface area contributed by atoms with Crippen molar-refractivity contribution in [1.29, 1.82) is 0 Å². The molecule has 3 unspecified atom stereocenters. The topological polar surface area (TPSA) is 68.0 Å². The van der Waals surface area contributed by atoms with Gasteiger partial charge in [0, 0.05) is 11.4 Å². The van der Waals surface area contributed by atoms with Crippen LogP contribution in [0.15, 0.2) is 30.3 Å². The number of fused-ring (bicyclic) bond motifs is 3. The lowest BCUT2D eigenvalue weighted by molar-refractivity contribution is 0.0918. The third-order valence-corrected chi connectivity index (χ3v) is 5.06. The van der Waals surface area contributed by atoms with E-state index < -0.39 is 0 Å². The Bertz CT molecular complexity index is 712. The zero-order valence-corrected chi connectivity index (χ0v) is 11.9. The highest BCUT2D eigenvalue weighted by atomic mass is 16.1. The van der Waals surface area contributed by atoms with Gasteiger partial charge < -0.3 is 11.1 Å². The smallest absolute Gasteiger partial charge is 0.270 e. The van der Waals surface area contributed by atoms with Gasteiger partial charge in [0.2, 0.25) is 0 Å². The molecular formula is C17H19N3O. The molecule has 2 fully saturated rings. The SMILES string of the molecule is Nc1nc(C(=O)NC2CC3CCC2C3)cc2ccccc12. The lowest BCUT2D eigenvalue weighted by Crippen LogP contribution is -2.38. The summed E-state index contributed by atoms with van der Waals surface area (Å²) in [5, 5.41) is 5.02. The van der Waals surface area contributed by atoms with E-state index >= 15 is 0 Å². The Labute approximate surface area is 123 Å². The second-order valence-corrected chi connectivity index (χ2v) is 6.37. The second kappa shape index (κ2) is 4.72. The zero-order chi connectivity index (χ0) is 14.4. The van der Waals surface area contributed by atoms with Crippen LogP contribution in [0, 0.1) is 11.8 Å². The summed E-state index contributed by atoms with van der Waals surface area (Å²) in [7, 11) is 0. The molecule has 4 heteroatoms. The van der Waals surface area contributed by atoms with Crippen molar-refractivity contribution in [3.63, 3.8) is 0 Å². The third kappa shape index (κ3) is 2.15. The number of hydrogen-bond donors (Lipinski definition) is 2. The van der Waals surface area contributed by atoms with E-state index in [1.165, 1.54) is 19.3 Å². The molecular weight excluding hydrogens is 262 g/mol. The monoisotopic (exact) mass is 281 g/mol. The van der Waals surface area contributed by atoms with Gasteiger partial charge in [0.05, 0.1) is 0 Å². The van der Waals surface area contributed by atoms with E-state index in [4.69, 9.17) is 5.73 Å². The maximum Gasteiger partial charge on any atom is 0.270 e. The molecule has 1 amide bonds. The van der Waals surface area contributed by atoms with Crippen LogP contribution in [-0.4, -0.2) is 16.9 Å². The summed E-state index contributed by atoms with van der Waals surface area (Å²) in [6.45, 7) is 0. The Morgan fingerprint density at radius 3 is 2.86 bits per heavy atom. The molecule has 2 aliphatic rings. The van der Waals surface area contributed by atoms with E-state index in [2.05, 4.69) is 10.3 Å². The standard InChI is InChI=1S/C17H19N3O/c18-16-13-4-2-1-3-11(13)9-15(19-16)17(21)20-14-8-10-5-6-12(14)7-10/h1-4,9-10,12,14H,5-8H2,(H2,18,19)(H,20,21). The van der Waals surface area contributed by atoms with Crippen molar-refractivity contribution < 1.29 is 4.79 Å². The van der Waals surface area contributed by atoms with E-state index in [9.17, 15) is 4.79 Å². The Kier molecular flexibility index (Phi) is 2.84. The van der Waals surface area contributed by atoms with Gasteiger partial charge in [-0.25, -0.2) is 4.98 Å². The van der Waals surface area contributed by atoms with Gasteiger partial charge in [0.1, 0.15) is 11.5 Å². The van der Waals surface area contributed by atoms with E-state index in [1.54, 1.807) is 0 Å². The summed E-state index contributed by atoms with van der Waals surface area (Å²) in [6, 6.07) is 9.91. The lowest BCUT2D eigenvalue weighted by Gasteiger charge is -2.22. The van der Waals surface area contributed by atoms with Crippen molar-refractivity contribution in [2.75, 3.05) is 5.73 Å². The van der Waals surface area contributed by atoms with Crippen LogP contribution in [-0.2, 0) is 0 Å². The van der Waals surface area contributed by atoms with Gasteiger partial charge in [-0.15, -0.1) is 0 Å². The molecule has 0 saturated heterocycles. The quantitative estimate of drug-likeness (QED) is 0.889. The molecule has 108 valence electrons. The van der Waals surface area contributed by atoms with Crippen LogP contribution >= 0.6 is 0 Å². The highest BCUT2D eigenvalue weighted by molar-refractivity contribution is 5.99. The van der Waals surface area contributed by atoms with Crippen molar-refractivity contribution in [2.45, 2.75) is 31.7 Å². The number of amides is 1. The molecule has 4 rings (SSSR count). The van der Waals surface area contributed by atoms with E-state index in [1.807, 2.05) is 30.3 Å². The van der Waals surface area contributed by atoms with Crippen molar-refractivity contribution >= 4 is 22.5 Å². The fraction of sp³-hybridized carbons (Fsp3) is 0.412. The fourth-order valence-electron chi connectivity index (χ4n) is 4.01. The lowest BCUT2D eigenvalue weighted by atomic mass is 9.95. The van der Waals surface area contributed by atoms with Crippen LogP contribution in [0.4, 0.5) is 5.82 Å². The molecule has 2 saturated carbocycles. The molecule has 3 N–H and O–H groups in total. The van der Waals surface area contributed by atoms with Crippen LogP contribution in [0.3, 0.4) is 0 Å². The van der Waals surface area contributed by atoms with Gasteiger partial charge in [0.25, 0.3) is 5.91 Å². The average molecular weight is 281 g/mol. The Morgan fingerprint density at radius 2 is 2.10 bits per heavy atom. The highest BCUT2D eigenvalue weighted by Gasteiger charge is 2.40. The van der Waals surface area contributed by atoms with Gasteiger partial charge in [-0.05, 0) is 42.6 Å².